The summed E-state index contributed by atoms with van der Waals surface area (Å²) in [7, 11) is 2.91. The van der Waals surface area contributed by atoms with Gasteiger partial charge in [-0.3, -0.25) is 9.59 Å². The molecule has 42 heavy (non-hydrogen) atoms. The zero-order valence-electron chi connectivity index (χ0n) is 24.1. The fourth-order valence-corrected chi connectivity index (χ4v) is 6.13. The molecular formula is C30H40N4O8. The Morgan fingerprint density at radius 3 is 2.31 bits per heavy atom. The molecule has 1 saturated heterocycles. The van der Waals surface area contributed by atoms with Crippen LogP contribution in [0.3, 0.4) is 0 Å². The molecule has 1 unspecified atom stereocenters. The number of benzene rings is 2. The molecule has 0 bridgehead atoms. The maximum atomic E-state index is 13.3. The molecular weight excluding hydrogens is 544 g/mol. The summed E-state index contributed by atoms with van der Waals surface area (Å²) < 4.78 is 27.8. The molecule has 2 heterocycles. The standard InChI is InChI=1S/C30H40N4O8/c1-38-23-10-17(11-24(39-2)29(23)36)26-18-12-21-22(42-16-41-21)13-19(18)28(20-15-40-30(37)27(20)26)34-25(35)14-33-9-5-8-32-7-4-3-6-31/h10-13,20,26-28,32-33,36H,3-9,14-16,31H2,1-2H3,(H,34,35)/t20-,26?,27+,28+/m0/s1. The topological polar surface area (TPSA) is 163 Å². The van der Waals surface area contributed by atoms with Gasteiger partial charge in [0.2, 0.25) is 18.4 Å². The number of hydrogen-bond acceptors (Lipinski definition) is 11. The normalized spacial score (nSPS) is 21.8. The van der Waals surface area contributed by atoms with Crippen LogP contribution in [-0.4, -0.2) is 77.3 Å². The number of amides is 1. The van der Waals surface area contributed by atoms with E-state index in [1.165, 1.54) is 14.2 Å². The van der Waals surface area contributed by atoms with Crippen molar-refractivity contribution in [3.63, 3.8) is 0 Å². The van der Waals surface area contributed by atoms with E-state index in [9.17, 15) is 14.7 Å². The molecule has 0 spiro atoms. The maximum Gasteiger partial charge on any atom is 0.310 e. The summed E-state index contributed by atoms with van der Waals surface area (Å²) in [4.78, 5) is 26.4. The molecule has 2 aromatic carbocycles. The molecule has 1 aliphatic carbocycles. The first kappa shape index (κ1) is 29.7. The number of cyclic esters (lactones) is 1. The molecule has 3 aliphatic rings. The van der Waals surface area contributed by atoms with Crippen LogP contribution in [-0.2, 0) is 14.3 Å². The predicted molar refractivity (Wildman–Crippen MR) is 153 cm³/mol. The van der Waals surface area contributed by atoms with E-state index in [0.717, 1.165) is 43.5 Å². The molecule has 0 aromatic heterocycles. The number of methoxy groups -OCH3 is 2. The van der Waals surface area contributed by atoms with Crippen LogP contribution in [0.25, 0.3) is 0 Å². The lowest BCUT2D eigenvalue weighted by molar-refractivity contribution is -0.141. The minimum Gasteiger partial charge on any atom is -0.502 e. The summed E-state index contributed by atoms with van der Waals surface area (Å²) in [5.74, 6) is -0.470. The second-order valence-corrected chi connectivity index (χ2v) is 10.7. The zero-order chi connectivity index (χ0) is 29.6. The fraction of sp³-hybridized carbons (Fsp3) is 0.533. The Hall–Kier alpha value is -3.74. The average molecular weight is 585 g/mol. The highest BCUT2D eigenvalue weighted by molar-refractivity contribution is 5.81. The van der Waals surface area contributed by atoms with Crippen LogP contribution in [0.4, 0.5) is 0 Å². The van der Waals surface area contributed by atoms with Crippen LogP contribution in [0.1, 0.15) is 47.9 Å². The van der Waals surface area contributed by atoms with Crippen molar-refractivity contribution in [1.29, 1.82) is 0 Å². The quantitative estimate of drug-likeness (QED) is 0.162. The number of carbonyl (C=O) groups excluding carboxylic acids is 2. The van der Waals surface area contributed by atoms with Gasteiger partial charge in [-0.1, -0.05) is 0 Å². The number of phenols is 1. The number of fused-ring (bicyclic) bond motifs is 3. The van der Waals surface area contributed by atoms with E-state index in [-0.39, 0.29) is 55.0 Å². The number of nitrogens with one attached hydrogen (secondary N) is 3. The number of phenolic OH excluding ortho intramolecular Hbond substituents is 1. The number of aromatic hydroxyl groups is 1. The third kappa shape index (κ3) is 6.06. The summed E-state index contributed by atoms with van der Waals surface area (Å²) in [6, 6.07) is 6.67. The predicted octanol–water partition coefficient (Wildman–Crippen LogP) is 1.54. The van der Waals surface area contributed by atoms with Gasteiger partial charge >= 0.3 is 5.97 Å². The van der Waals surface area contributed by atoms with E-state index in [1.807, 2.05) is 12.1 Å². The van der Waals surface area contributed by atoms with Gasteiger partial charge in [0.25, 0.3) is 0 Å². The molecule has 1 amide bonds. The van der Waals surface area contributed by atoms with Gasteiger partial charge < -0.3 is 50.5 Å². The van der Waals surface area contributed by atoms with Crippen LogP contribution < -0.4 is 40.6 Å². The number of unbranched alkanes of at least 4 members (excludes halogenated alkanes) is 1. The first-order chi connectivity index (χ1) is 20.5. The number of esters is 1. The number of ether oxygens (including phenoxy) is 5. The van der Waals surface area contributed by atoms with Crippen LogP contribution in [0, 0.1) is 11.8 Å². The highest BCUT2D eigenvalue weighted by Crippen LogP contribution is 2.55. The second kappa shape index (κ2) is 13.5. The number of rotatable bonds is 14. The zero-order valence-corrected chi connectivity index (χ0v) is 24.1. The molecule has 0 saturated carbocycles. The fourth-order valence-electron chi connectivity index (χ4n) is 6.13. The number of carbonyl (C=O) groups is 2. The van der Waals surface area contributed by atoms with E-state index in [1.54, 1.807) is 12.1 Å². The SMILES string of the molecule is COc1cc(C2c3cc4c(cc3[C@@H](NC(=O)CNCCCNCCCCN)[C@H]3COC(=O)[C@@H]23)OCO4)cc(OC)c1O. The van der Waals surface area contributed by atoms with Gasteiger partial charge in [-0.05, 0) is 86.4 Å². The molecule has 2 aromatic rings. The maximum absolute atomic E-state index is 13.3. The summed E-state index contributed by atoms with van der Waals surface area (Å²) in [6.45, 7) is 3.58. The van der Waals surface area contributed by atoms with Crippen molar-refractivity contribution in [3.8, 4) is 28.7 Å². The van der Waals surface area contributed by atoms with Crippen molar-refractivity contribution in [3.05, 3.63) is 41.0 Å². The van der Waals surface area contributed by atoms with Crippen LogP contribution in [0.15, 0.2) is 24.3 Å². The Morgan fingerprint density at radius 1 is 0.952 bits per heavy atom. The largest absolute Gasteiger partial charge is 0.502 e. The first-order valence-electron chi connectivity index (χ1n) is 14.4. The van der Waals surface area contributed by atoms with Crippen LogP contribution in [0.2, 0.25) is 0 Å². The van der Waals surface area contributed by atoms with Crippen molar-refractivity contribution in [2.24, 2.45) is 17.6 Å². The third-order valence-electron chi connectivity index (χ3n) is 8.17. The van der Waals surface area contributed by atoms with Gasteiger partial charge in [0.1, 0.15) is 0 Å². The van der Waals surface area contributed by atoms with E-state index >= 15 is 0 Å². The minimum absolute atomic E-state index is 0.0848. The van der Waals surface area contributed by atoms with Gasteiger partial charge in [-0.15, -0.1) is 0 Å². The van der Waals surface area contributed by atoms with Crippen LogP contribution >= 0.6 is 0 Å². The summed E-state index contributed by atoms with van der Waals surface area (Å²) in [5, 5.41) is 20.3. The Labute approximate surface area is 245 Å². The van der Waals surface area contributed by atoms with Crippen molar-refractivity contribution in [2.45, 2.75) is 31.2 Å². The van der Waals surface area contributed by atoms with Crippen molar-refractivity contribution in [2.75, 3.05) is 60.3 Å². The summed E-state index contributed by atoms with van der Waals surface area (Å²) >= 11 is 0. The second-order valence-electron chi connectivity index (χ2n) is 10.7. The molecule has 2 aliphatic heterocycles. The van der Waals surface area contributed by atoms with Gasteiger partial charge in [-0.2, -0.15) is 0 Å². The molecule has 5 rings (SSSR count). The van der Waals surface area contributed by atoms with Gasteiger partial charge in [0.05, 0.1) is 39.3 Å². The molecule has 1 fully saturated rings. The van der Waals surface area contributed by atoms with E-state index in [2.05, 4.69) is 16.0 Å². The van der Waals surface area contributed by atoms with Gasteiger partial charge in [0, 0.05) is 11.8 Å². The molecule has 4 atom stereocenters. The van der Waals surface area contributed by atoms with Crippen molar-refractivity contribution >= 4 is 11.9 Å². The Kier molecular flexibility index (Phi) is 9.55. The highest BCUT2D eigenvalue weighted by atomic mass is 16.7. The summed E-state index contributed by atoms with van der Waals surface area (Å²) in [5.41, 5.74) is 7.85. The van der Waals surface area contributed by atoms with Crippen LogP contribution in [0.5, 0.6) is 28.7 Å². The minimum atomic E-state index is -0.597. The van der Waals surface area contributed by atoms with E-state index in [0.29, 0.717) is 30.2 Å². The van der Waals surface area contributed by atoms with E-state index in [4.69, 9.17) is 29.4 Å². The molecule has 6 N–H and O–H groups in total. The smallest absolute Gasteiger partial charge is 0.310 e. The Balaban J connectivity index is 1.38. The molecule has 12 heteroatoms. The third-order valence-corrected chi connectivity index (χ3v) is 8.17. The highest BCUT2D eigenvalue weighted by Gasteiger charge is 2.53. The first-order valence-corrected chi connectivity index (χ1v) is 14.4. The van der Waals surface area contributed by atoms with E-state index < -0.39 is 17.9 Å². The van der Waals surface area contributed by atoms with Crippen molar-refractivity contribution < 1.29 is 38.4 Å². The monoisotopic (exact) mass is 584 g/mol. The lowest BCUT2D eigenvalue weighted by atomic mass is 9.65. The lowest BCUT2D eigenvalue weighted by Gasteiger charge is -2.39. The summed E-state index contributed by atoms with van der Waals surface area (Å²) in [6.07, 6.45) is 2.95. The Morgan fingerprint density at radius 2 is 1.62 bits per heavy atom. The van der Waals surface area contributed by atoms with Gasteiger partial charge in [0.15, 0.2) is 23.0 Å². The van der Waals surface area contributed by atoms with Crippen molar-refractivity contribution in [1.82, 2.24) is 16.0 Å². The number of hydrogen-bond donors (Lipinski definition) is 5. The van der Waals surface area contributed by atoms with Gasteiger partial charge in [-0.25, -0.2) is 0 Å². The average Bonchev–Trinajstić information content (AvgIpc) is 3.62. The lowest BCUT2D eigenvalue weighted by Crippen LogP contribution is -2.45. The number of nitrogens with two attached hydrogens (primary N) is 1. The molecule has 12 nitrogen and oxygen atoms in total. The Bertz CT molecular complexity index is 1260. The molecule has 0 radical (unpaired) electrons. The molecule has 228 valence electrons.